The van der Waals surface area contributed by atoms with E-state index < -0.39 is 29.2 Å². The molecule has 18 heavy (non-hydrogen) atoms. The lowest BCUT2D eigenvalue weighted by atomic mass is 10.1. The van der Waals surface area contributed by atoms with Crippen molar-refractivity contribution in [3.05, 3.63) is 34.9 Å². The molecule has 0 aromatic heterocycles. The van der Waals surface area contributed by atoms with Gasteiger partial charge in [-0.05, 0) is 18.6 Å². The number of hydrogen-bond donors (Lipinski definition) is 0. The van der Waals surface area contributed by atoms with Gasteiger partial charge in [-0.25, -0.2) is 8.78 Å². The Morgan fingerprint density at radius 2 is 1.83 bits per heavy atom. The van der Waals surface area contributed by atoms with Gasteiger partial charge in [0, 0.05) is 11.6 Å². The minimum absolute atomic E-state index is 0.0658. The van der Waals surface area contributed by atoms with Crippen molar-refractivity contribution in [2.24, 2.45) is 0 Å². The zero-order chi connectivity index (χ0) is 13.9. The van der Waals surface area contributed by atoms with E-state index in [1.807, 2.05) is 0 Å². The molecular formula is C11H10BrF5O. The monoisotopic (exact) mass is 332 g/mol. The Hall–Kier alpha value is -0.690. The highest BCUT2D eigenvalue weighted by Crippen LogP contribution is 2.28. The Balaban J connectivity index is 2.67. The fraction of sp³-hybridized carbons (Fsp3) is 0.455. The summed E-state index contributed by atoms with van der Waals surface area (Å²) in [6, 6.07) is 1.93. The number of rotatable bonds is 4. The summed E-state index contributed by atoms with van der Waals surface area (Å²) in [4.78, 5) is -0.765. The van der Waals surface area contributed by atoms with E-state index in [1.54, 1.807) is 0 Å². The van der Waals surface area contributed by atoms with Crippen LogP contribution < -0.4 is 0 Å². The highest BCUT2D eigenvalue weighted by molar-refractivity contribution is 9.09. The predicted molar refractivity (Wildman–Crippen MR) is 59.6 cm³/mol. The number of hydrogen-bond acceptors (Lipinski definition) is 1. The molecule has 0 amide bonds. The SMILES string of the molecule is Cc1cc(C(Br)COCC(F)(F)F)c(F)cc1F. The van der Waals surface area contributed by atoms with E-state index in [1.165, 1.54) is 13.0 Å². The summed E-state index contributed by atoms with van der Waals surface area (Å²) in [5.41, 5.74) is 0.280. The van der Waals surface area contributed by atoms with Gasteiger partial charge in [-0.3, -0.25) is 0 Å². The lowest BCUT2D eigenvalue weighted by molar-refractivity contribution is -0.173. The minimum atomic E-state index is -4.43. The molecule has 1 nitrogen and oxygen atoms in total. The molecule has 1 aromatic carbocycles. The van der Waals surface area contributed by atoms with Crippen LogP contribution in [0.3, 0.4) is 0 Å². The van der Waals surface area contributed by atoms with Crippen molar-refractivity contribution in [3.8, 4) is 0 Å². The highest BCUT2D eigenvalue weighted by atomic mass is 79.9. The second kappa shape index (κ2) is 5.97. The molecule has 1 rings (SSSR count). The second-order valence-electron chi connectivity index (χ2n) is 3.72. The van der Waals surface area contributed by atoms with Crippen LogP contribution in [0.5, 0.6) is 0 Å². The summed E-state index contributed by atoms with van der Waals surface area (Å²) in [6.07, 6.45) is -4.43. The van der Waals surface area contributed by atoms with Crippen molar-refractivity contribution >= 4 is 15.9 Å². The van der Waals surface area contributed by atoms with Crippen molar-refractivity contribution < 1.29 is 26.7 Å². The third kappa shape index (κ3) is 4.53. The van der Waals surface area contributed by atoms with E-state index in [0.717, 1.165) is 0 Å². The molecule has 0 fully saturated rings. The van der Waals surface area contributed by atoms with Crippen LogP contribution in [0.1, 0.15) is 16.0 Å². The number of benzene rings is 1. The molecule has 0 bridgehead atoms. The summed E-state index contributed by atoms with van der Waals surface area (Å²) in [7, 11) is 0. The van der Waals surface area contributed by atoms with Crippen molar-refractivity contribution in [1.29, 1.82) is 0 Å². The van der Waals surface area contributed by atoms with Gasteiger partial charge in [-0.1, -0.05) is 15.9 Å². The van der Waals surface area contributed by atoms with Crippen molar-refractivity contribution in [3.63, 3.8) is 0 Å². The van der Waals surface area contributed by atoms with Crippen LogP contribution in [0.15, 0.2) is 12.1 Å². The Kier molecular flexibility index (Phi) is 5.10. The molecule has 102 valence electrons. The lowest BCUT2D eigenvalue weighted by Crippen LogP contribution is -2.18. The molecule has 0 aliphatic carbocycles. The molecule has 0 aliphatic rings. The van der Waals surface area contributed by atoms with Crippen LogP contribution in [0, 0.1) is 18.6 Å². The summed E-state index contributed by atoms with van der Waals surface area (Å²) < 4.78 is 66.3. The number of alkyl halides is 4. The predicted octanol–water partition coefficient (Wildman–Crippen LogP) is 4.29. The molecule has 0 aliphatic heterocycles. The molecule has 0 heterocycles. The van der Waals surface area contributed by atoms with Gasteiger partial charge in [0.25, 0.3) is 0 Å². The van der Waals surface area contributed by atoms with E-state index in [-0.39, 0.29) is 17.7 Å². The Morgan fingerprint density at radius 1 is 1.22 bits per heavy atom. The molecule has 0 spiro atoms. The number of halogens is 6. The fourth-order valence-corrected chi connectivity index (χ4v) is 1.83. The molecule has 0 radical (unpaired) electrons. The van der Waals surface area contributed by atoms with Crippen molar-refractivity contribution in [2.75, 3.05) is 13.2 Å². The summed E-state index contributed by atoms with van der Waals surface area (Å²) in [5, 5.41) is 0. The van der Waals surface area contributed by atoms with Gasteiger partial charge in [-0.2, -0.15) is 13.2 Å². The standard InChI is InChI=1S/C11H10BrF5O/c1-6-2-7(10(14)3-9(6)13)8(12)4-18-5-11(15,16)17/h2-3,8H,4-5H2,1H3. The Bertz CT molecular complexity index is 419. The van der Waals surface area contributed by atoms with Crippen LogP contribution in [-0.2, 0) is 4.74 Å². The average molecular weight is 333 g/mol. The first kappa shape index (κ1) is 15.4. The van der Waals surface area contributed by atoms with Crippen LogP contribution in [-0.4, -0.2) is 19.4 Å². The lowest BCUT2D eigenvalue weighted by Gasteiger charge is -2.14. The van der Waals surface area contributed by atoms with Gasteiger partial charge in [0.05, 0.1) is 11.4 Å². The first-order valence-electron chi connectivity index (χ1n) is 4.95. The molecule has 7 heteroatoms. The zero-order valence-electron chi connectivity index (χ0n) is 9.32. The van der Waals surface area contributed by atoms with Gasteiger partial charge in [0.2, 0.25) is 0 Å². The summed E-state index contributed by atoms with van der Waals surface area (Å²) >= 11 is 3.01. The fourth-order valence-electron chi connectivity index (χ4n) is 1.29. The third-order valence-corrected chi connectivity index (χ3v) is 2.90. The molecule has 0 N–H and O–H groups in total. The number of aryl methyl sites for hydroxylation is 1. The summed E-state index contributed by atoms with van der Waals surface area (Å²) in [5.74, 6) is -1.53. The van der Waals surface area contributed by atoms with Crippen LogP contribution in [0.2, 0.25) is 0 Å². The van der Waals surface area contributed by atoms with E-state index in [9.17, 15) is 22.0 Å². The molecule has 1 atom stereocenters. The second-order valence-corrected chi connectivity index (χ2v) is 4.83. The normalized spacial score (nSPS) is 13.7. The maximum atomic E-state index is 13.4. The van der Waals surface area contributed by atoms with Gasteiger partial charge in [0.15, 0.2) is 0 Å². The topological polar surface area (TPSA) is 9.23 Å². The van der Waals surface area contributed by atoms with E-state index >= 15 is 0 Å². The Morgan fingerprint density at radius 3 is 2.39 bits per heavy atom. The van der Waals surface area contributed by atoms with Gasteiger partial charge in [0.1, 0.15) is 18.2 Å². The largest absolute Gasteiger partial charge is 0.411 e. The van der Waals surface area contributed by atoms with Crippen LogP contribution >= 0.6 is 15.9 Å². The molecular weight excluding hydrogens is 323 g/mol. The summed E-state index contributed by atoms with van der Waals surface area (Å²) in [6.45, 7) is -0.326. The molecule has 0 saturated carbocycles. The first-order valence-corrected chi connectivity index (χ1v) is 5.86. The van der Waals surface area contributed by atoms with E-state index in [0.29, 0.717) is 6.07 Å². The van der Waals surface area contributed by atoms with Crippen molar-refractivity contribution in [1.82, 2.24) is 0 Å². The maximum Gasteiger partial charge on any atom is 0.411 e. The zero-order valence-corrected chi connectivity index (χ0v) is 10.9. The van der Waals surface area contributed by atoms with E-state index in [2.05, 4.69) is 20.7 Å². The minimum Gasteiger partial charge on any atom is -0.371 e. The first-order chi connectivity index (χ1) is 8.20. The average Bonchev–Trinajstić information content (AvgIpc) is 2.21. The van der Waals surface area contributed by atoms with Gasteiger partial charge < -0.3 is 4.74 Å². The molecule has 1 unspecified atom stereocenters. The highest BCUT2D eigenvalue weighted by Gasteiger charge is 2.28. The van der Waals surface area contributed by atoms with Crippen LogP contribution in [0.4, 0.5) is 22.0 Å². The van der Waals surface area contributed by atoms with Gasteiger partial charge >= 0.3 is 6.18 Å². The van der Waals surface area contributed by atoms with E-state index in [4.69, 9.17) is 0 Å². The van der Waals surface area contributed by atoms with Gasteiger partial charge in [-0.15, -0.1) is 0 Å². The smallest absolute Gasteiger partial charge is 0.371 e. The molecule has 1 aromatic rings. The number of ether oxygens (including phenoxy) is 1. The molecule has 0 saturated heterocycles. The van der Waals surface area contributed by atoms with Crippen LogP contribution in [0.25, 0.3) is 0 Å². The van der Waals surface area contributed by atoms with Crippen molar-refractivity contribution in [2.45, 2.75) is 17.9 Å². The quantitative estimate of drug-likeness (QED) is 0.590. The maximum absolute atomic E-state index is 13.4. The third-order valence-electron chi connectivity index (χ3n) is 2.15. The Labute approximate surface area is 109 Å².